The molecule has 0 aliphatic carbocycles. The molecule has 0 spiro atoms. The molecule has 2 N–H and O–H groups in total. The second kappa shape index (κ2) is 5.58. The SMILES string of the molecule is CC(C)c1ccccc1NCc1cccc(O)c1. The standard InChI is InChI=1S/C16H19NO/c1-12(2)15-8-3-4-9-16(15)17-11-13-6-5-7-14(18)10-13/h3-10,12,17-18H,11H2,1-2H3. The van der Waals surface area contributed by atoms with Gasteiger partial charge in [0.1, 0.15) is 5.75 Å². The first-order valence-corrected chi connectivity index (χ1v) is 6.27. The average molecular weight is 241 g/mol. The Morgan fingerprint density at radius 2 is 1.83 bits per heavy atom. The van der Waals surface area contributed by atoms with Crippen molar-refractivity contribution in [3.63, 3.8) is 0 Å². The molecule has 0 radical (unpaired) electrons. The van der Waals surface area contributed by atoms with Gasteiger partial charge >= 0.3 is 0 Å². The molecule has 0 aliphatic heterocycles. The van der Waals surface area contributed by atoms with E-state index in [1.807, 2.05) is 18.2 Å². The van der Waals surface area contributed by atoms with Crippen LogP contribution in [0.4, 0.5) is 5.69 Å². The number of phenols is 1. The smallest absolute Gasteiger partial charge is 0.115 e. The number of para-hydroxylation sites is 1. The second-order valence-corrected chi connectivity index (χ2v) is 4.77. The van der Waals surface area contributed by atoms with E-state index in [0.717, 1.165) is 17.8 Å². The third kappa shape index (κ3) is 3.04. The summed E-state index contributed by atoms with van der Waals surface area (Å²) in [5, 5.41) is 12.9. The fraction of sp³-hybridized carbons (Fsp3) is 0.250. The van der Waals surface area contributed by atoms with Crippen LogP contribution in [0.1, 0.15) is 30.9 Å². The first-order valence-electron chi connectivity index (χ1n) is 6.27. The maximum atomic E-state index is 9.43. The number of hydrogen-bond donors (Lipinski definition) is 2. The first-order chi connectivity index (χ1) is 8.66. The highest BCUT2D eigenvalue weighted by molar-refractivity contribution is 5.52. The zero-order valence-electron chi connectivity index (χ0n) is 10.9. The molecule has 2 heteroatoms. The van der Waals surface area contributed by atoms with Gasteiger partial charge in [-0.2, -0.15) is 0 Å². The van der Waals surface area contributed by atoms with Crippen molar-refractivity contribution in [2.45, 2.75) is 26.3 Å². The summed E-state index contributed by atoms with van der Waals surface area (Å²) in [7, 11) is 0. The van der Waals surface area contributed by atoms with Crippen molar-refractivity contribution < 1.29 is 5.11 Å². The molecule has 0 saturated carbocycles. The van der Waals surface area contributed by atoms with Crippen LogP contribution in [0, 0.1) is 0 Å². The van der Waals surface area contributed by atoms with Crippen molar-refractivity contribution in [3.8, 4) is 5.75 Å². The highest BCUT2D eigenvalue weighted by Gasteiger charge is 2.05. The van der Waals surface area contributed by atoms with E-state index in [1.54, 1.807) is 12.1 Å². The van der Waals surface area contributed by atoms with Crippen LogP contribution < -0.4 is 5.32 Å². The summed E-state index contributed by atoms with van der Waals surface area (Å²) in [5.74, 6) is 0.810. The van der Waals surface area contributed by atoms with Gasteiger partial charge in [-0.15, -0.1) is 0 Å². The molecule has 2 aromatic carbocycles. The summed E-state index contributed by atoms with van der Waals surface area (Å²) in [6, 6.07) is 15.7. The highest BCUT2D eigenvalue weighted by Crippen LogP contribution is 2.24. The summed E-state index contributed by atoms with van der Waals surface area (Å²) in [6.07, 6.45) is 0. The molecule has 2 nitrogen and oxygen atoms in total. The van der Waals surface area contributed by atoms with Gasteiger partial charge in [0.15, 0.2) is 0 Å². The van der Waals surface area contributed by atoms with Gasteiger partial charge in [0.2, 0.25) is 0 Å². The lowest BCUT2D eigenvalue weighted by molar-refractivity contribution is 0.474. The van der Waals surface area contributed by atoms with Crippen molar-refractivity contribution in [1.29, 1.82) is 0 Å². The number of hydrogen-bond acceptors (Lipinski definition) is 2. The number of anilines is 1. The van der Waals surface area contributed by atoms with E-state index in [2.05, 4.69) is 37.4 Å². The average Bonchev–Trinajstić information content (AvgIpc) is 2.37. The molecule has 0 bridgehead atoms. The molecular weight excluding hydrogens is 222 g/mol. The number of nitrogens with one attached hydrogen (secondary N) is 1. The Morgan fingerprint density at radius 3 is 2.56 bits per heavy atom. The van der Waals surface area contributed by atoms with Gasteiger partial charge in [-0.1, -0.05) is 44.2 Å². The largest absolute Gasteiger partial charge is 0.508 e. The van der Waals surface area contributed by atoms with Crippen LogP contribution in [0.15, 0.2) is 48.5 Å². The lowest BCUT2D eigenvalue weighted by Crippen LogP contribution is -2.03. The van der Waals surface area contributed by atoms with E-state index < -0.39 is 0 Å². The molecule has 18 heavy (non-hydrogen) atoms. The maximum absolute atomic E-state index is 9.43. The Bertz CT molecular complexity index is 520. The molecule has 0 saturated heterocycles. The van der Waals surface area contributed by atoms with Crippen molar-refractivity contribution in [2.75, 3.05) is 5.32 Å². The number of aromatic hydroxyl groups is 1. The normalized spacial score (nSPS) is 10.6. The fourth-order valence-electron chi connectivity index (χ4n) is 2.03. The molecule has 0 heterocycles. The number of benzene rings is 2. The van der Waals surface area contributed by atoms with E-state index in [0.29, 0.717) is 11.7 Å². The van der Waals surface area contributed by atoms with E-state index in [1.165, 1.54) is 5.56 Å². The molecule has 2 aromatic rings. The van der Waals surface area contributed by atoms with Gasteiger partial charge in [0.05, 0.1) is 0 Å². The third-order valence-corrected chi connectivity index (χ3v) is 2.98. The van der Waals surface area contributed by atoms with Crippen molar-refractivity contribution in [2.24, 2.45) is 0 Å². The molecule has 0 aromatic heterocycles. The number of phenolic OH excluding ortho intramolecular Hbond substituents is 1. The van der Waals surface area contributed by atoms with E-state index in [9.17, 15) is 5.11 Å². The Kier molecular flexibility index (Phi) is 3.88. The summed E-state index contributed by atoms with van der Waals surface area (Å²) in [5.41, 5.74) is 3.56. The molecule has 2 rings (SSSR count). The van der Waals surface area contributed by atoms with Crippen molar-refractivity contribution in [3.05, 3.63) is 59.7 Å². The molecule has 0 atom stereocenters. The first kappa shape index (κ1) is 12.5. The van der Waals surface area contributed by atoms with Crippen LogP contribution >= 0.6 is 0 Å². The van der Waals surface area contributed by atoms with Gasteiger partial charge in [-0.05, 0) is 35.2 Å². The minimum Gasteiger partial charge on any atom is -0.508 e. The molecule has 0 aliphatic rings. The summed E-state index contributed by atoms with van der Waals surface area (Å²) >= 11 is 0. The zero-order valence-corrected chi connectivity index (χ0v) is 10.9. The summed E-state index contributed by atoms with van der Waals surface area (Å²) in [6.45, 7) is 5.10. The van der Waals surface area contributed by atoms with E-state index in [4.69, 9.17) is 0 Å². The Morgan fingerprint density at radius 1 is 1.06 bits per heavy atom. The fourth-order valence-corrected chi connectivity index (χ4v) is 2.03. The van der Waals surface area contributed by atoms with Gasteiger partial charge in [-0.3, -0.25) is 0 Å². The van der Waals surface area contributed by atoms with Crippen LogP contribution in [0.3, 0.4) is 0 Å². The van der Waals surface area contributed by atoms with Gasteiger partial charge in [0, 0.05) is 12.2 Å². The summed E-state index contributed by atoms with van der Waals surface area (Å²) < 4.78 is 0. The Labute approximate surface area is 108 Å². The van der Waals surface area contributed by atoms with Crippen LogP contribution in [-0.2, 0) is 6.54 Å². The zero-order chi connectivity index (χ0) is 13.0. The molecule has 0 amide bonds. The highest BCUT2D eigenvalue weighted by atomic mass is 16.3. The monoisotopic (exact) mass is 241 g/mol. The predicted molar refractivity (Wildman–Crippen MR) is 76.0 cm³/mol. The van der Waals surface area contributed by atoms with Gasteiger partial charge in [-0.25, -0.2) is 0 Å². The third-order valence-electron chi connectivity index (χ3n) is 2.98. The molecule has 0 fully saturated rings. The van der Waals surface area contributed by atoms with E-state index in [-0.39, 0.29) is 0 Å². The molecule has 0 unspecified atom stereocenters. The second-order valence-electron chi connectivity index (χ2n) is 4.77. The Balaban J connectivity index is 2.11. The Hall–Kier alpha value is -1.96. The van der Waals surface area contributed by atoms with Crippen molar-refractivity contribution in [1.82, 2.24) is 0 Å². The minimum absolute atomic E-state index is 0.312. The minimum atomic E-state index is 0.312. The van der Waals surface area contributed by atoms with Crippen LogP contribution in [-0.4, -0.2) is 5.11 Å². The van der Waals surface area contributed by atoms with Gasteiger partial charge < -0.3 is 10.4 Å². The predicted octanol–water partition coefficient (Wildman–Crippen LogP) is 4.13. The van der Waals surface area contributed by atoms with Crippen LogP contribution in [0.25, 0.3) is 0 Å². The molecular formula is C16H19NO. The van der Waals surface area contributed by atoms with Crippen LogP contribution in [0.5, 0.6) is 5.75 Å². The number of rotatable bonds is 4. The quantitative estimate of drug-likeness (QED) is 0.843. The lowest BCUT2D eigenvalue weighted by atomic mass is 10.0. The summed E-state index contributed by atoms with van der Waals surface area (Å²) in [4.78, 5) is 0. The molecule has 94 valence electrons. The van der Waals surface area contributed by atoms with Crippen LogP contribution in [0.2, 0.25) is 0 Å². The topological polar surface area (TPSA) is 32.3 Å². The van der Waals surface area contributed by atoms with Crippen molar-refractivity contribution >= 4 is 5.69 Å². The van der Waals surface area contributed by atoms with Gasteiger partial charge in [0.25, 0.3) is 0 Å². The van der Waals surface area contributed by atoms with E-state index >= 15 is 0 Å². The maximum Gasteiger partial charge on any atom is 0.115 e. The lowest BCUT2D eigenvalue weighted by Gasteiger charge is -2.14.